The first-order chi connectivity index (χ1) is 9.74. The topological polar surface area (TPSA) is 76.2 Å². The molecule has 0 spiro atoms. The Bertz CT molecular complexity index is 603. The molecule has 0 amide bonds. The van der Waals surface area contributed by atoms with Crippen molar-refractivity contribution < 1.29 is 14.3 Å². The van der Waals surface area contributed by atoms with E-state index >= 15 is 0 Å². The van der Waals surface area contributed by atoms with Crippen molar-refractivity contribution in [2.75, 3.05) is 5.75 Å². The average Bonchev–Trinajstić information content (AvgIpc) is 2.98. The third kappa shape index (κ3) is 2.70. The summed E-state index contributed by atoms with van der Waals surface area (Å²) in [5, 5.41) is 17.3. The van der Waals surface area contributed by atoms with Gasteiger partial charge in [-0.3, -0.25) is 0 Å². The van der Waals surface area contributed by atoms with Gasteiger partial charge in [-0.05, 0) is 42.9 Å². The Morgan fingerprint density at radius 2 is 2.05 bits per heavy atom. The second-order valence-corrected chi connectivity index (χ2v) is 5.99. The van der Waals surface area contributed by atoms with Crippen molar-refractivity contribution in [3.63, 3.8) is 0 Å². The lowest BCUT2D eigenvalue weighted by Gasteiger charge is -2.17. The van der Waals surface area contributed by atoms with Crippen LogP contribution < -0.4 is 0 Å². The largest absolute Gasteiger partial charge is 0.478 e. The molecule has 0 radical (unpaired) electrons. The molecule has 104 valence electrons. The van der Waals surface area contributed by atoms with E-state index in [0.717, 1.165) is 17.7 Å². The van der Waals surface area contributed by atoms with Crippen LogP contribution in [0.5, 0.6) is 0 Å². The van der Waals surface area contributed by atoms with Crippen LogP contribution in [0.15, 0.2) is 28.7 Å². The fraction of sp³-hybridized carbons (Fsp3) is 0.357. The maximum atomic E-state index is 10.8. The Morgan fingerprint density at radius 1 is 1.25 bits per heavy atom. The number of aromatic carboxylic acids is 1. The van der Waals surface area contributed by atoms with Crippen molar-refractivity contribution >= 4 is 17.7 Å². The molecule has 1 aromatic carbocycles. The molecule has 0 saturated carbocycles. The quantitative estimate of drug-likeness (QED) is 0.933. The number of nitrogens with zero attached hydrogens (tertiary/aromatic N) is 2. The van der Waals surface area contributed by atoms with Crippen LogP contribution in [-0.4, -0.2) is 27.0 Å². The predicted octanol–water partition coefficient (Wildman–Crippen LogP) is 3.39. The first-order valence-corrected chi connectivity index (χ1v) is 7.57. The Labute approximate surface area is 120 Å². The molecular formula is C14H14N2O3S. The summed E-state index contributed by atoms with van der Waals surface area (Å²) in [6.45, 7) is 0. The Morgan fingerprint density at radius 3 is 2.70 bits per heavy atom. The number of carboxylic acid groups (broad SMARTS) is 1. The fourth-order valence-electron chi connectivity index (χ4n) is 2.17. The predicted molar refractivity (Wildman–Crippen MR) is 75.7 cm³/mol. The third-order valence-electron chi connectivity index (χ3n) is 3.27. The Balaban J connectivity index is 1.80. The zero-order chi connectivity index (χ0) is 13.9. The highest BCUT2D eigenvalue weighted by molar-refractivity contribution is 7.99. The molecule has 1 aromatic heterocycles. The maximum Gasteiger partial charge on any atom is 0.335 e. The summed E-state index contributed by atoms with van der Waals surface area (Å²) in [6.07, 6.45) is 3.52. The first kappa shape index (κ1) is 13.2. The van der Waals surface area contributed by atoms with Gasteiger partial charge in [0.1, 0.15) is 0 Å². The maximum absolute atomic E-state index is 10.8. The average molecular weight is 290 g/mol. The van der Waals surface area contributed by atoms with Crippen molar-refractivity contribution in [2.45, 2.75) is 24.5 Å². The van der Waals surface area contributed by atoms with Crippen LogP contribution in [0.2, 0.25) is 0 Å². The Hall–Kier alpha value is -1.82. The fourth-order valence-corrected chi connectivity index (χ4v) is 3.40. The van der Waals surface area contributed by atoms with Gasteiger partial charge in [0.25, 0.3) is 0 Å². The van der Waals surface area contributed by atoms with Crippen molar-refractivity contribution in [1.29, 1.82) is 0 Å². The number of aromatic nitrogens is 2. The number of thioether (sulfide) groups is 1. The summed E-state index contributed by atoms with van der Waals surface area (Å²) < 4.78 is 5.72. The lowest BCUT2D eigenvalue weighted by molar-refractivity contribution is 0.0697. The molecule has 1 fully saturated rings. The van der Waals surface area contributed by atoms with Crippen molar-refractivity contribution in [3.05, 3.63) is 35.7 Å². The van der Waals surface area contributed by atoms with Crippen molar-refractivity contribution in [2.24, 2.45) is 0 Å². The van der Waals surface area contributed by atoms with Gasteiger partial charge in [-0.2, -0.15) is 0 Å². The number of carbonyl (C=O) groups is 1. The second-order valence-electron chi connectivity index (χ2n) is 4.68. The molecule has 2 aromatic rings. The van der Waals surface area contributed by atoms with Crippen LogP contribution >= 0.6 is 11.8 Å². The van der Waals surface area contributed by atoms with Gasteiger partial charge in [0.2, 0.25) is 11.8 Å². The summed E-state index contributed by atoms with van der Waals surface area (Å²) in [5.74, 6) is 1.31. The molecule has 2 heterocycles. The summed E-state index contributed by atoms with van der Waals surface area (Å²) >= 11 is 1.86. The SMILES string of the molecule is O=C(O)c1ccc(-c2nnc(C3CCCCS3)o2)cc1. The van der Waals surface area contributed by atoms with Gasteiger partial charge < -0.3 is 9.52 Å². The van der Waals surface area contributed by atoms with Crippen LogP contribution in [0, 0.1) is 0 Å². The van der Waals surface area contributed by atoms with Gasteiger partial charge in [-0.1, -0.05) is 6.42 Å². The highest BCUT2D eigenvalue weighted by Crippen LogP contribution is 2.38. The number of rotatable bonds is 3. The minimum atomic E-state index is -0.943. The van der Waals surface area contributed by atoms with E-state index < -0.39 is 5.97 Å². The van der Waals surface area contributed by atoms with Crippen LogP contribution in [0.25, 0.3) is 11.5 Å². The smallest absolute Gasteiger partial charge is 0.335 e. The summed E-state index contributed by atoms with van der Waals surface area (Å²) in [5.41, 5.74) is 0.992. The van der Waals surface area contributed by atoms with E-state index in [1.807, 2.05) is 11.8 Å². The molecule has 0 aliphatic carbocycles. The normalized spacial score (nSPS) is 18.9. The highest BCUT2D eigenvalue weighted by atomic mass is 32.2. The first-order valence-electron chi connectivity index (χ1n) is 6.53. The summed E-state index contributed by atoms with van der Waals surface area (Å²) in [7, 11) is 0. The minimum absolute atomic E-state index is 0.247. The molecule has 5 nitrogen and oxygen atoms in total. The number of benzene rings is 1. The van der Waals surface area contributed by atoms with Crippen molar-refractivity contribution in [1.82, 2.24) is 10.2 Å². The number of hydrogen-bond donors (Lipinski definition) is 1. The number of hydrogen-bond acceptors (Lipinski definition) is 5. The van der Waals surface area contributed by atoms with E-state index in [-0.39, 0.29) is 5.56 Å². The van der Waals surface area contributed by atoms with Crippen LogP contribution in [-0.2, 0) is 0 Å². The van der Waals surface area contributed by atoms with E-state index in [2.05, 4.69) is 10.2 Å². The lowest BCUT2D eigenvalue weighted by Crippen LogP contribution is -2.02. The van der Waals surface area contributed by atoms with E-state index in [4.69, 9.17) is 9.52 Å². The van der Waals surface area contributed by atoms with Gasteiger partial charge in [-0.25, -0.2) is 4.79 Å². The molecule has 0 bridgehead atoms. The second kappa shape index (κ2) is 5.66. The van der Waals surface area contributed by atoms with E-state index in [1.54, 1.807) is 12.1 Å². The van der Waals surface area contributed by atoms with Crippen molar-refractivity contribution in [3.8, 4) is 11.5 Å². The molecule has 1 aliphatic rings. The Kier molecular flexibility index (Phi) is 3.73. The number of carboxylic acids is 1. The van der Waals surface area contributed by atoms with E-state index in [0.29, 0.717) is 17.0 Å². The van der Waals surface area contributed by atoms with Gasteiger partial charge >= 0.3 is 5.97 Å². The highest BCUT2D eigenvalue weighted by Gasteiger charge is 2.22. The van der Waals surface area contributed by atoms with E-state index in [9.17, 15) is 4.79 Å². The molecule has 1 N–H and O–H groups in total. The van der Waals surface area contributed by atoms with Gasteiger partial charge in [-0.15, -0.1) is 22.0 Å². The molecule has 1 saturated heterocycles. The third-order valence-corrected chi connectivity index (χ3v) is 4.64. The van der Waals surface area contributed by atoms with Gasteiger partial charge in [0.05, 0.1) is 10.8 Å². The molecule has 1 unspecified atom stereocenters. The van der Waals surface area contributed by atoms with Crippen LogP contribution in [0.1, 0.15) is 40.8 Å². The van der Waals surface area contributed by atoms with Gasteiger partial charge in [0.15, 0.2) is 0 Å². The molecular weight excluding hydrogens is 276 g/mol. The zero-order valence-corrected chi connectivity index (χ0v) is 11.6. The zero-order valence-electron chi connectivity index (χ0n) is 10.8. The standard InChI is InChI=1S/C14H14N2O3S/c17-14(18)10-6-4-9(5-7-10)12-15-16-13(19-12)11-3-1-2-8-20-11/h4-7,11H,1-3,8H2,(H,17,18). The van der Waals surface area contributed by atoms with Crippen LogP contribution in [0.4, 0.5) is 0 Å². The van der Waals surface area contributed by atoms with Crippen LogP contribution in [0.3, 0.4) is 0 Å². The summed E-state index contributed by atoms with van der Waals surface area (Å²) in [6, 6.07) is 6.46. The monoisotopic (exact) mass is 290 g/mol. The molecule has 20 heavy (non-hydrogen) atoms. The molecule has 3 rings (SSSR count). The lowest BCUT2D eigenvalue weighted by atomic mass is 10.1. The minimum Gasteiger partial charge on any atom is -0.478 e. The molecule has 1 atom stereocenters. The van der Waals surface area contributed by atoms with Gasteiger partial charge in [0, 0.05) is 5.56 Å². The summed E-state index contributed by atoms with van der Waals surface area (Å²) in [4.78, 5) is 10.8. The molecule has 6 heteroatoms. The molecule has 1 aliphatic heterocycles. The van der Waals surface area contributed by atoms with E-state index in [1.165, 1.54) is 25.0 Å².